The molecule has 1 radical (unpaired) electrons. The predicted molar refractivity (Wildman–Crippen MR) is 53.4 cm³/mol. The zero-order valence-corrected chi connectivity index (χ0v) is 8.10. The van der Waals surface area contributed by atoms with Crippen LogP contribution >= 0.6 is 12.6 Å². The highest BCUT2D eigenvalue weighted by Crippen LogP contribution is 2.43. The molecule has 2 rings (SSSR count). The van der Waals surface area contributed by atoms with Crippen molar-refractivity contribution in [1.29, 1.82) is 0 Å². The molecule has 0 amide bonds. The van der Waals surface area contributed by atoms with Gasteiger partial charge in [0.05, 0.1) is 0 Å². The van der Waals surface area contributed by atoms with E-state index in [1.807, 2.05) is 12.1 Å². The van der Waals surface area contributed by atoms with Crippen molar-refractivity contribution < 1.29 is 0 Å². The van der Waals surface area contributed by atoms with Gasteiger partial charge < -0.3 is 0 Å². The molecule has 1 aliphatic carbocycles. The fourth-order valence-electron chi connectivity index (χ4n) is 1.71. The maximum atomic E-state index is 5.28. The van der Waals surface area contributed by atoms with Crippen LogP contribution in [0.4, 0.5) is 0 Å². The van der Waals surface area contributed by atoms with Crippen LogP contribution in [0, 0.1) is 5.92 Å². The van der Waals surface area contributed by atoms with Crippen LogP contribution in [-0.4, -0.2) is 0 Å². The maximum Gasteiger partial charge on any atom is 0.0411 e. The summed E-state index contributed by atoms with van der Waals surface area (Å²) in [7, 11) is 0. The van der Waals surface area contributed by atoms with E-state index in [0.29, 0.717) is 5.92 Å². The lowest BCUT2D eigenvalue weighted by molar-refractivity contribution is 0.653. The monoisotopic (exact) mass is 177 g/mol. The molecule has 1 unspecified atom stereocenters. The number of benzene rings is 1. The number of rotatable bonds is 2. The predicted octanol–water partition coefficient (Wildman–Crippen LogP) is 3.76. The molecular formula is C11H13S. The molecule has 0 spiro atoms. The minimum atomic E-state index is 0.679. The minimum absolute atomic E-state index is 0.679. The highest BCUT2D eigenvalue weighted by molar-refractivity contribution is 7.80. The van der Waals surface area contributed by atoms with Crippen LogP contribution in [0.3, 0.4) is 0 Å². The molecule has 12 heavy (non-hydrogen) atoms. The van der Waals surface area contributed by atoms with Crippen molar-refractivity contribution in [3.05, 3.63) is 29.8 Å². The van der Waals surface area contributed by atoms with E-state index >= 15 is 0 Å². The van der Waals surface area contributed by atoms with Gasteiger partial charge in [-0.05, 0) is 36.3 Å². The summed E-state index contributed by atoms with van der Waals surface area (Å²) in [5, 5.41) is 0. The quantitative estimate of drug-likeness (QED) is 0.645. The third kappa shape index (κ3) is 1.46. The first-order chi connectivity index (χ1) is 5.79. The molecule has 0 heterocycles. The first-order valence-corrected chi connectivity index (χ1v) is 4.96. The highest BCUT2D eigenvalue weighted by Gasteiger charge is 2.29. The summed E-state index contributed by atoms with van der Waals surface area (Å²) in [5.41, 5.74) is 1.37. The van der Waals surface area contributed by atoms with Crippen molar-refractivity contribution >= 4 is 12.6 Å². The van der Waals surface area contributed by atoms with Gasteiger partial charge in [0.15, 0.2) is 0 Å². The van der Waals surface area contributed by atoms with Crippen LogP contribution in [0.2, 0.25) is 0 Å². The van der Waals surface area contributed by atoms with Crippen LogP contribution in [0.25, 0.3) is 0 Å². The zero-order chi connectivity index (χ0) is 8.55. The van der Waals surface area contributed by atoms with E-state index < -0.39 is 0 Å². The standard InChI is InChI=1S/C11H13S/c1-8(9-6-7-9)10-4-2-3-5-11(10)12/h2-5,8-9H,6-7H2,1H3. The van der Waals surface area contributed by atoms with Gasteiger partial charge >= 0.3 is 0 Å². The molecule has 1 aromatic carbocycles. The van der Waals surface area contributed by atoms with E-state index in [1.165, 1.54) is 18.4 Å². The third-order valence-electron chi connectivity index (χ3n) is 2.74. The van der Waals surface area contributed by atoms with Gasteiger partial charge in [-0.25, -0.2) is 0 Å². The first kappa shape index (κ1) is 8.06. The Kier molecular flexibility index (Phi) is 2.05. The molecule has 1 fully saturated rings. The van der Waals surface area contributed by atoms with Crippen LogP contribution in [0.5, 0.6) is 0 Å². The van der Waals surface area contributed by atoms with E-state index in [0.717, 1.165) is 10.8 Å². The second kappa shape index (κ2) is 3.06. The molecule has 1 heteroatoms. The molecule has 1 saturated carbocycles. The Labute approximate surface area is 79.4 Å². The van der Waals surface area contributed by atoms with Gasteiger partial charge in [0, 0.05) is 4.90 Å². The average Bonchev–Trinajstić information content (AvgIpc) is 2.86. The lowest BCUT2D eigenvalue weighted by Gasteiger charge is -2.11. The molecule has 0 saturated heterocycles. The average molecular weight is 177 g/mol. The van der Waals surface area contributed by atoms with Crippen molar-refractivity contribution in [2.45, 2.75) is 30.6 Å². The maximum absolute atomic E-state index is 5.28. The van der Waals surface area contributed by atoms with Gasteiger partial charge in [-0.2, -0.15) is 0 Å². The molecule has 0 N–H and O–H groups in total. The zero-order valence-electron chi connectivity index (χ0n) is 7.29. The van der Waals surface area contributed by atoms with E-state index in [1.54, 1.807) is 0 Å². The van der Waals surface area contributed by atoms with Gasteiger partial charge in [0.2, 0.25) is 0 Å². The summed E-state index contributed by atoms with van der Waals surface area (Å²) in [6.07, 6.45) is 2.79. The van der Waals surface area contributed by atoms with Crippen molar-refractivity contribution in [3.8, 4) is 0 Å². The lowest BCUT2D eigenvalue weighted by atomic mass is 9.96. The van der Waals surface area contributed by atoms with E-state index in [2.05, 4.69) is 19.1 Å². The summed E-state index contributed by atoms with van der Waals surface area (Å²) < 4.78 is 0. The Hall–Kier alpha value is -0.560. The number of hydrogen-bond donors (Lipinski definition) is 0. The van der Waals surface area contributed by atoms with Gasteiger partial charge in [-0.3, -0.25) is 0 Å². The van der Waals surface area contributed by atoms with Gasteiger partial charge in [-0.15, -0.1) is 0 Å². The number of hydrogen-bond acceptors (Lipinski definition) is 0. The Bertz CT molecular complexity index is 276. The molecule has 63 valence electrons. The summed E-state index contributed by atoms with van der Waals surface area (Å²) in [6.45, 7) is 2.29. The highest BCUT2D eigenvalue weighted by atomic mass is 32.1. The molecule has 0 bridgehead atoms. The molecule has 0 aliphatic heterocycles. The fraction of sp³-hybridized carbons (Fsp3) is 0.455. The molecular weight excluding hydrogens is 164 g/mol. The summed E-state index contributed by atoms with van der Waals surface area (Å²) in [4.78, 5) is 1.04. The Morgan fingerprint density at radius 3 is 2.58 bits per heavy atom. The molecule has 0 aromatic heterocycles. The first-order valence-electron chi connectivity index (χ1n) is 4.55. The van der Waals surface area contributed by atoms with E-state index in [-0.39, 0.29) is 0 Å². The molecule has 1 aliphatic rings. The normalized spacial score (nSPS) is 19.1. The van der Waals surface area contributed by atoms with Crippen LogP contribution in [0.15, 0.2) is 29.2 Å². The second-order valence-corrected chi connectivity index (χ2v) is 4.10. The van der Waals surface area contributed by atoms with Gasteiger partial charge in [0.25, 0.3) is 0 Å². The molecule has 0 nitrogen and oxygen atoms in total. The van der Waals surface area contributed by atoms with Crippen LogP contribution in [0.1, 0.15) is 31.2 Å². The van der Waals surface area contributed by atoms with Gasteiger partial charge in [0.1, 0.15) is 0 Å². The summed E-state index contributed by atoms with van der Waals surface area (Å²) in [6, 6.07) is 8.31. The summed E-state index contributed by atoms with van der Waals surface area (Å²) in [5.74, 6) is 1.59. The fourth-order valence-corrected chi connectivity index (χ4v) is 2.04. The Morgan fingerprint density at radius 1 is 1.33 bits per heavy atom. The minimum Gasteiger partial charge on any atom is -0.0798 e. The molecule has 1 aromatic rings. The second-order valence-electron chi connectivity index (χ2n) is 3.66. The van der Waals surface area contributed by atoms with E-state index in [4.69, 9.17) is 12.6 Å². The van der Waals surface area contributed by atoms with Crippen molar-refractivity contribution in [1.82, 2.24) is 0 Å². The Balaban J connectivity index is 2.25. The Morgan fingerprint density at radius 2 is 2.00 bits per heavy atom. The smallest absolute Gasteiger partial charge is 0.0411 e. The van der Waals surface area contributed by atoms with Crippen LogP contribution < -0.4 is 0 Å². The topological polar surface area (TPSA) is 0 Å². The largest absolute Gasteiger partial charge is 0.0798 e. The van der Waals surface area contributed by atoms with Gasteiger partial charge in [-0.1, -0.05) is 37.8 Å². The van der Waals surface area contributed by atoms with Crippen LogP contribution in [-0.2, 0) is 0 Å². The lowest BCUT2D eigenvalue weighted by Crippen LogP contribution is -1.96. The summed E-state index contributed by atoms with van der Waals surface area (Å²) >= 11 is 5.28. The van der Waals surface area contributed by atoms with Crippen molar-refractivity contribution in [2.75, 3.05) is 0 Å². The van der Waals surface area contributed by atoms with Crippen molar-refractivity contribution in [2.24, 2.45) is 5.92 Å². The van der Waals surface area contributed by atoms with E-state index in [9.17, 15) is 0 Å². The van der Waals surface area contributed by atoms with Crippen molar-refractivity contribution in [3.63, 3.8) is 0 Å². The SMILES string of the molecule is CC(c1ccccc1[S])C1CC1. The third-order valence-corrected chi connectivity index (χ3v) is 3.11. The molecule has 1 atom stereocenters.